The van der Waals surface area contributed by atoms with Gasteiger partial charge >= 0.3 is 6.18 Å². The van der Waals surface area contributed by atoms with Crippen LogP contribution in [-0.2, 0) is 15.7 Å². The van der Waals surface area contributed by atoms with Crippen molar-refractivity contribution in [1.82, 2.24) is 10.2 Å². The summed E-state index contributed by atoms with van der Waals surface area (Å²) in [4.78, 5) is 6.79. The molecule has 1 atom stereocenters. The summed E-state index contributed by atoms with van der Waals surface area (Å²) in [5.74, 6) is 0.692. The molecule has 2 heterocycles. The van der Waals surface area contributed by atoms with Gasteiger partial charge in [-0.2, -0.15) is 13.2 Å². The van der Waals surface area contributed by atoms with Gasteiger partial charge in [0.2, 0.25) is 0 Å². The summed E-state index contributed by atoms with van der Waals surface area (Å²) >= 11 is 0. The van der Waals surface area contributed by atoms with Crippen molar-refractivity contribution in [3.8, 4) is 0 Å². The van der Waals surface area contributed by atoms with E-state index in [0.29, 0.717) is 57.5 Å². The van der Waals surface area contributed by atoms with Gasteiger partial charge in [0, 0.05) is 31.7 Å². The van der Waals surface area contributed by atoms with E-state index in [1.807, 2.05) is 11.8 Å². The first-order valence-electron chi connectivity index (χ1n) is 10.4. The maximum atomic E-state index is 13.1. The second kappa shape index (κ2) is 9.98. The highest BCUT2D eigenvalue weighted by molar-refractivity contribution is 5.80. The number of halogens is 3. The van der Waals surface area contributed by atoms with Gasteiger partial charge in [0.25, 0.3) is 0 Å². The monoisotopic (exact) mass is 429 g/mol. The lowest BCUT2D eigenvalue weighted by Gasteiger charge is -2.37. The van der Waals surface area contributed by atoms with Crippen molar-refractivity contribution in [3.63, 3.8) is 0 Å². The van der Waals surface area contributed by atoms with E-state index < -0.39 is 17.8 Å². The van der Waals surface area contributed by atoms with E-state index in [1.165, 1.54) is 6.07 Å². The van der Waals surface area contributed by atoms with Crippen LogP contribution < -0.4 is 5.32 Å². The van der Waals surface area contributed by atoms with Crippen molar-refractivity contribution in [2.24, 2.45) is 10.4 Å². The van der Waals surface area contributed by atoms with Crippen LogP contribution in [0.1, 0.15) is 37.0 Å². The Morgan fingerprint density at radius 1 is 1.30 bits per heavy atom. The van der Waals surface area contributed by atoms with E-state index in [2.05, 4.69) is 5.32 Å². The SMILES string of the molecule is CCNC(=NCC1(CO)CCOCC1)N1CCOC(c2cccc(C(F)(F)F)c2)C1. The molecule has 1 aromatic rings. The topological polar surface area (TPSA) is 66.3 Å². The molecular formula is C21H30F3N3O3. The van der Waals surface area contributed by atoms with Crippen molar-refractivity contribution in [2.45, 2.75) is 32.0 Å². The molecule has 2 N–H and O–H groups in total. The Kier molecular flexibility index (Phi) is 7.60. The average molecular weight is 429 g/mol. The van der Waals surface area contributed by atoms with Crippen molar-refractivity contribution in [1.29, 1.82) is 0 Å². The van der Waals surface area contributed by atoms with Crippen LogP contribution in [0.5, 0.6) is 0 Å². The first-order chi connectivity index (χ1) is 14.4. The third kappa shape index (κ3) is 5.65. The summed E-state index contributed by atoms with van der Waals surface area (Å²) in [7, 11) is 0. The molecule has 168 valence electrons. The number of aliphatic hydroxyl groups is 1. The zero-order valence-electron chi connectivity index (χ0n) is 17.2. The molecule has 2 aliphatic rings. The predicted octanol–water partition coefficient (Wildman–Crippen LogP) is 2.83. The van der Waals surface area contributed by atoms with E-state index in [9.17, 15) is 18.3 Å². The molecule has 3 rings (SSSR count). The minimum atomic E-state index is -4.39. The smallest absolute Gasteiger partial charge is 0.396 e. The number of morpholine rings is 1. The van der Waals surface area contributed by atoms with Gasteiger partial charge in [-0.15, -0.1) is 0 Å². The van der Waals surface area contributed by atoms with Gasteiger partial charge in [-0.25, -0.2) is 0 Å². The van der Waals surface area contributed by atoms with E-state index >= 15 is 0 Å². The normalized spacial score (nSPS) is 22.8. The molecule has 2 fully saturated rings. The maximum Gasteiger partial charge on any atom is 0.416 e. The van der Waals surface area contributed by atoms with Crippen molar-refractivity contribution in [2.75, 3.05) is 52.6 Å². The van der Waals surface area contributed by atoms with E-state index in [0.717, 1.165) is 25.0 Å². The number of hydrogen-bond acceptors (Lipinski definition) is 4. The second-order valence-corrected chi connectivity index (χ2v) is 7.87. The standard InChI is InChI=1S/C21H30F3N3O3/c1-2-25-19(26-14-20(15-28)6-9-29-10-7-20)27-8-11-30-18(13-27)16-4-3-5-17(12-16)21(22,23)24/h3-5,12,18,28H,2,6-11,13-15H2,1H3,(H,25,26). The van der Waals surface area contributed by atoms with Crippen LogP contribution in [0, 0.1) is 5.41 Å². The van der Waals surface area contributed by atoms with Gasteiger partial charge < -0.3 is 24.8 Å². The molecule has 2 aliphatic heterocycles. The predicted molar refractivity (Wildman–Crippen MR) is 107 cm³/mol. The zero-order valence-corrected chi connectivity index (χ0v) is 17.2. The fraction of sp³-hybridized carbons (Fsp3) is 0.667. The number of nitrogens with one attached hydrogen (secondary N) is 1. The third-order valence-corrected chi connectivity index (χ3v) is 5.74. The average Bonchev–Trinajstić information content (AvgIpc) is 2.77. The van der Waals surface area contributed by atoms with Crippen LogP contribution in [0.3, 0.4) is 0 Å². The Bertz CT molecular complexity index is 721. The lowest BCUT2D eigenvalue weighted by Crippen LogP contribution is -2.49. The fourth-order valence-electron chi connectivity index (χ4n) is 3.80. The van der Waals surface area contributed by atoms with Gasteiger partial charge in [0.1, 0.15) is 6.10 Å². The Morgan fingerprint density at radius 3 is 2.73 bits per heavy atom. The summed E-state index contributed by atoms with van der Waals surface area (Å²) in [5.41, 5.74) is -0.460. The van der Waals surface area contributed by atoms with E-state index in [1.54, 1.807) is 6.07 Å². The van der Waals surface area contributed by atoms with Crippen LogP contribution in [0.4, 0.5) is 13.2 Å². The van der Waals surface area contributed by atoms with Gasteiger partial charge in [0.15, 0.2) is 5.96 Å². The van der Waals surface area contributed by atoms with Gasteiger partial charge in [-0.05, 0) is 37.5 Å². The van der Waals surface area contributed by atoms with E-state index in [4.69, 9.17) is 14.5 Å². The Labute approximate surface area is 175 Å². The first-order valence-corrected chi connectivity index (χ1v) is 10.4. The number of aliphatic imine (C=N–C) groups is 1. The van der Waals surface area contributed by atoms with Crippen molar-refractivity contribution < 1.29 is 27.8 Å². The number of aliphatic hydroxyl groups excluding tert-OH is 1. The molecule has 1 aromatic carbocycles. The Hall–Kier alpha value is -1.84. The van der Waals surface area contributed by atoms with Crippen molar-refractivity contribution >= 4 is 5.96 Å². The molecule has 9 heteroatoms. The van der Waals surface area contributed by atoms with Crippen LogP contribution >= 0.6 is 0 Å². The van der Waals surface area contributed by atoms with Crippen LogP contribution in [0.15, 0.2) is 29.3 Å². The van der Waals surface area contributed by atoms with Gasteiger partial charge in [-0.3, -0.25) is 4.99 Å². The number of guanidine groups is 1. The minimum Gasteiger partial charge on any atom is -0.396 e. The number of benzene rings is 1. The molecule has 0 amide bonds. The number of hydrogen-bond donors (Lipinski definition) is 2. The Morgan fingerprint density at radius 2 is 2.07 bits per heavy atom. The molecule has 6 nitrogen and oxygen atoms in total. The maximum absolute atomic E-state index is 13.1. The molecule has 0 aromatic heterocycles. The van der Waals surface area contributed by atoms with E-state index in [-0.39, 0.29) is 12.0 Å². The quantitative estimate of drug-likeness (QED) is 0.557. The third-order valence-electron chi connectivity index (χ3n) is 5.74. The molecule has 0 bridgehead atoms. The number of alkyl halides is 3. The summed E-state index contributed by atoms with van der Waals surface area (Å²) in [6.07, 6.45) is -3.35. The summed E-state index contributed by atoms with van der Waals surface area (Å²) < 4.78 is 50.4. The molecule has 2 saturated heterocycles. The summed E-state index contributed by atoms with van der Waals surface area (Å²) in [6.45, 7) is 5.78. The molecule has 0 radical (unpaired) electrons. The molecule has 0 spiro atoms. The molecule has 1 unspecified atom stereocenters. The largest absolute Gasteiger partial charge is 0.416 e. The number of ether oxygens (including phenoxy) is 2. The van der Waals surface area contributed by atoms with Crippen LogP contribution in [-0.4, -0.2) is 68.6 Å². The number of rotatable bonds is 5. The highest BCUT2D eigenvalue weighted by Crippen LogP contribution is 2.33. The summed E-state index contributed by atoms with van der Waals surface area (Å²) in [5, 5.41) is 13.2. The number of nitrogens with zero attached hydrogens (tertiary/aromatic N) is 2. The second-order valence-electron chi connectivity index (χ2n) is 7.87. The Balaban J connectivity index is 1.74. The molecule has 30 heavy (non-hydrogen) atoms. The first kappa shape index (κ1) is 22.8. The van der Waals surface area contributed by atoms with Crippen LogP contribution in [0.25, 0.3) is 0 Å². The van der Waals surface area contributed by atoms with Crippen LogP contribution in [0.2, 0.25) is 0 Å². The lowest BCUT2D eigenvalue weighted by atomic mass is 9.81. The highest BCUT2D eigenvalue weighted by Gasteiger charge is 2.34. The fourth-order valence-corrected chi connectivity index (χ4v) is 3.80. The highest BCUT2D eigenvalue weighted by atomic mass is 19.4. The van der Waals surface area contributed by atoms with Gasteiger partial charge in [-0.1, -0.05) is 12.1 Å². The minimum absolute atomic E-state index is 0.0508. The molecule has 0 saturated carbocycles. The molecule has 0 aliphatic carbocycles. The molecular weight excluding hydrogens is 399 g/mol. The summed E-state index contributed by atoms with van der Waals surface area (Å²) in [6, 6.07) is 5.30. The lowest BCUT2D eigenvalue weighted by molar-refractivity contribution is -0.137. The van der Waals surface area contributed by atoms with Gasteiger partial charge in [0.05, 0.1) is 31.9 Å². The zero-order chi connectivity index (χ0) is 21.6. The van der Waals surface area contributed by atoms with Crippen molar-refractivity contribution in [3.05, 3.63) is 35.4 Å².